The van der Waals surface area contributed by atoms with Crippen LogP contribution >= 0.6 is 0 Å². The zero-order chi connectivity index (χ0) is 26.3. The van der Waals surface area contributed by atoms with E-state index >= 15 is 0 Å². The lowest BCUT2D eigenvalue weighted by Crippen LogP contribution is -2.46. The number of pyridine rings is 1. The van der Waals surface area contributed by atoms with Gasteiger partial charge in [0.15, 0.2) is 0 Å². The van der Waals surface area contributed by atoms with Gasteiger partial charge in [0.1, 0.15) is 0 Å². The highest BCUT2D eigenvalue weighted by Crippen LogP contribution is 2.30. The van der Waals surface area contributed by atoms with E-state index in [1.807, 2.05) is 18.2 Å². The molecule has 1 saturated carbocycles. The van der Waals surface area contributed by atoms with Crippen molar-refractivity contribution in [1.29, 1.82) is 0 Å². The molecule has 0 radical (unpaired) electrons. The molecule has 0 bridgehead atoms. The lowest BCUT2D eigenvalue weighted by molar-refractivity contribution is -0.137. The molecule has 1 saturated heterocycles. The van der Waals surface area contributed by atoms with E-state index in [2.05, 4.69) is 20.5 Å². The molecule has 200 valence electrons. The second kappa shape index (κ2) is 12.5. The summed E-state index contributed by atoms with van der Waals surface area (Å²) in [6, 6.07) is 10.1. The SMILES string of the molecule is O=C(CNC(=O)c1cccc(C(F)(F)F)c1)NC1CN(C2CCCCC2)CC1COCc1ccccn1. The zero-order valence-corrected chi connectivity index (χ0v) is 20.7. The smallest absolute Gasteiger partial charge is 0.375 e. The number of nitrogens with zero attached hydrogens (tertiary/aromatic N) is 2. The van der Waals surface area contributed by atoms with Gasteiger partial charge in [0.25, 0.3) is 5.91 Å². The van der Waals surface area contributed by atoms with Crippen LogP contribution < -0.4 is 10.6 Å². The first-order valence-corrected chi connectivity index (χ1v) is 12.8. The van der Waals surface area contributed by atoms with Gasteiger partial charge in [-0.25, -0.2) is 0 Å². The van der Waals surface area contributed by atoms with E-state index in [0.29, 0.717) is 25.8 Å². The Hall–Kier alpha value is -2.98. The van der Waals surface area contributed by atoms with Crippen molar-refractivity contribution in [3.05, 3.63) is 65.5 Å². The molecule has 10 heteroatoms. The van der Waals surface area contributed by atoms with Crippen molar-refractivity contribution < 1.29 is 27.5 Å². The standard InChI is InChI=1S/C27H33F3N4O3/c28-27(29,30)21-8-6-7-19(13-21)26(36)32-14-25(35)33-24-16-34(23-10-2-1-3-11-23)15-20(24)17-37-18-22-9-4-5-12-31-22/h4-9,12-13,20,23-24H,1-3,10-11,14-18H2,(H,32,36)(H,33,35). The Kier molecular flexibility index (Phi) is 9.15. The number of nitrogens with one attached hydrogen (secondary N) is 2. The first-order valence-electron chi connectivity index (χ1n) is 12.8. The van der Waals surface area contributed by atoms with Crippen LogP contribution in [0.5, 0.6) is 0 Å². The fourth-order valence-corrected chi connectivity index (χ4v) is 5.14. The number of halogens is 3. The van der Waals surface area contributed by atoms with Crippen LogP contribution in [0.4, 0.5) is 13.2 Å². The Balaban J connectivity index is 1.32. The number of carbonyl (C=O) groups is 2. The second-order valence-corrected chi connectivity index (χ2v) is 9.78. The number of hydrogen-bond acceptors (Lipinski definition) is 5. The normalized spacial score (nSPS) is 21.1. The first kappa shape index (κ1) is 27.1. The van der Waals surface area contributed by atoms with Crippen LogP contribution in [0.1, 0.15) is 53.7 Å². The van der Waals surface area contributed by atoms with Gasteiger partial charge in [-0.15, -0.1) is 0 Å². The maximum atomic E-state index is 12.9. The van der Waals surface area contributed by atoms with Gasteiger partial charge in [0.05, 0.1) is 31.0 Å². The molecular weight excluding hydrogens is 485 g/mol. The Bertz CT molecular complexity index is 1040. The minimum absolute atomic E-state index is 0.0776. The van der Waals surface area contributed by atoms with Gasteiger partial charge in [0.2, 0.25) is 5.91 Å². The van der Waals surface area contributed by atoms with Crippen LogP contribution in [-0.2, 0) is 22.3 Å². The summed E-state index contributed by atoms with van der Waals surface area (Å²) in [6.45, 7) is 2.04. The minimum Gasteiger partial charge on any atom is -0.375 e. The van der Waals surface area contributed by atoms with Crippen LogP contribution in [-0.4, -0.2) is 60.0 Å². The van der Waals surface area contributed by atoms with E-state index < -0.39 is 17.6 Å². The number of hydrogen-bond donors (Lipinski definition) is 2. The number of alkyl halides is 3. The summed E-state index contributed by atoms with van der Waals surface area (Å²) in [7, 11) is 0. The van der Waals surface area contributed by atoms with Crippen molar-refractivity contribution in [3.63, 3.8) is 0 Å². The molecule has 7 nitrogen and oxygen atoms in total. The number of amides is 2. The molecule has 2 aliphatic rings. The lowest BCUT2D eigenvalue weighted by Gasteiger charge is -2.31. The van der Waals surface area contributed by atoms with Crippen LogP contribution in [0.15, 0.2) is 48.7 Å². The maximum Gasteiger partial charge on any atom is 0.416 e. The molecule has 2 fully saturated rings. The Morgan fingerprint density at radius 1 is 1.05 bits per heavy atom. The highest BCUT2D eigenvalue weighted by atomic mass is 19.4. The van der Waals surface area contributed by atoms with Gasteiger partial charge in [0, 0.05) is 42.9 Å². The fourth-order valence-electron chi connectivity index (χ4n) is 5.14. The van der Waals surface area contributed by atoms with E-state index in [-0.39, 0.29) is 30.0 Å². The van der Waals surface area contributed by atoms with Crippen LogP contribution in [0.25, 0.3) is 0 Å². The molecule has 2 unspecified atom stereocenters. The molecule has 2 N–H and O–H groups in total. The van der Waals surface area contributed by atoms with Crippen LogP contribution in [0.3, 0.4) is 0 Å². The van der Waals surface area contributed by atoms with E-state index in [1.165, 1.54) is 31.4 Å². The largest absolute Gasteiger partial charge is 0.416 e. The topological polar surface area (TPSA) is 83.6 Å². The first-order chi connectivity index (χ1) is 17.8. The molecule has 4 rings (SSSR count). The summed E-state index contributed by atoms with van der Waals surface area (Å²) in [4.78, 5) is 31.8. The third kappa shape index (κ3) is 7.75. The van der Waals surface area contributed by atoms with Crippen molar-refractivity contribution in [2.24, 2.45) is 5.92 Å². The van der Waals surface area contributed by atoms with E-state index in [4.69, 9.17) is 4.74 Å². The summed E-state index contributed by atoms with van der Waals surface area (Å²) in [5.41, 5.74) is -0.220. The number of likely N-dealkylation sites (tertiary alicyclic amines) is 1. The average molecular weight is 519 g/mol. The van der Waals surface area contributed by atoms with E-state index in [0.717, 1.165) is 37.2 Å². The van der Waals surface area contributed by atoms with Gasteiger partial charge >= 0.3 is 6.18 Å². The second-order valence-electron chi connectivity index (χ2n) is 9.78. The number of carbonyl (C=O) groups excluding carboxylic acids is 2. The molecule has 2 amide bonds. The van der Waals surface area contributed by atoms with Crippen LogP contribution in [0, 0.1) is 5.92 Å². The number of ether oxygens (including phenoxy) is 1. The Labute approximate surface area is 214 Å². The molecule has 37 heavy (non-hydrogen) atoms. The molecule has 1 aromatic carbocycles. The van der Waals surface area contributed by atoms with Crippen molar-refractivity contribution in [2.75, 3.05) is 26.2 Å². The monoisotopic (exact) mass is 518 g/mol. The summed E-state index contributed by atoms with van der Waals surface area (Å²) in [6.07, 6.45) is 3.14. The third-order valence-corrected chi connectivity index (χ3v) is 7.08. The summed E-state index contributed by atoms with van der Waals surface area (Å²) < 4.78 is 44.8. The number of benzene rings is 1. The highest BCUT2D eigenvalue weighted by molar-refractivity contribution is 5.96. The molecule has 1 aliphatic carbocycles. The summed E-state index contributed by atoms with van der Waals surface area (Å²) in [5, 5.41) is 5.45. The quantitative estimate of drug-likeness (QED) is 0.528. The van der Waals surface area contributed by atoms with Gasteiger partial charge in [-0.05, 0) is 43.2 Å². The van der Waals surface area contributed by atoms with Crippen molar-refractivity contribution in [1.82, 2.24) is 20.5 Å². The lowest BCUT2D eigenvalue weighted by atomic mass is 9.94. The molecule has 1 aromatic heterocycles. The predicted molar refractivity (Wildman–Crippen MR) is 132 cm³/mol. The highest BCUT2D eigenvalue weighted by Gasteiger charge is 2.37. The molecule has 0 spiro atoms. The van der Waals surface area contributed by atoms with Gasteiger partial charge in [-0.1, -0.05) is 31.4 Å². The van der Waals surface area contributed by atoms with Crippen LogP contribution in [0.2, 0.25) is 0 Å². The zero-order valence-electron chi connectivity index (χ0n) is 20.7. The van der Waals surface area contributed by atoms with E-state index in [1.54, 1.807) is 6.20 Å². The summed E-state index contributed by atoms with van der Waals surface area (Å²) in [5.74, 6) is -1.04. The van der Waals surface area contributed by atoms with E-state index in [9.17, 15) is 22.8 Å². The fraction of sp³-hybridized carbons (Fsp3) is 0.519. The Morgan fingerprint density at radius 3 is 2.59 bits per heavy atom. The minimum atomic E-state index is -4.55. The van der Waals surface area contributed by atoms with Gasteiger partial charge < -0.3 is 15.4 Å². The predicted octanol–water partition coefficient (Wildman–Crippen LogP) is 3.80. The van der Waals surface area contributed by atoms with Gasteiger partial charge in [-0.3, -0.25) is 19.5 Å². The number of aromatic nitrogens is 1. The maximum absolute atomic E-state index is 12.9. The van der Waals surface area contributed by atoms with Crippen molar-refractivity contribution >= 4 is 11.8 Å². The number of rotatable bonds is 9. The van der Waals surface area contributed by atoms with Crippen molar-refractivity contribution in [2.45, 2.75) is 57.0 Å². The molecular formula is C27H33F3N4O3. The summed E-state index contributed by atoms with van der Waals surface area (Å²) >= 11 is 0. The van der Waals surface area contributed by atoms with Crippen molar-refractivity contribution in [3.8, 4) is 0 Å². The third-order valence-electron chi connectivity index (χ3n) is 7.08. The Morgan fingerprint density at radius 2 is 1.86 bits per heavy atom. The van der Waals surface area contributed by atoms with Gasteiger partial charge in [-0.2, -0.15) is 13.2 Å². The molecule has 2 aromatic rings. The molecule has 2 atom stereocenters. The average Bonchev–Trinajstić information content (AvgIpc) is 3.30. The molecule has 2 heterocycles. The molecule has 1 aliphatic heterocycles.